The lowest BCUT2D eigenvalue weighted by Gasteiger charge is -2.18. The molecule has 1 rings (SSSR count). The Bertz CT molecular complexity index is 593. The molecule has 0 saturated carbocycles. The van der Waals surface area contributed by atoms with Crippen LogP contribution in [0.15, 0.2) is 29.2 Å². The number of sulfonamides is 1. The molecule has 0 radical (unpaired) electrons. The first kappa shape index (κ1) is 19.6. The van der Waals surface area contributed by atoms with Crippen molar-refractivity contribution in [2.75, 3.05) is 13.1 Å². The van der Waals surface area contributed by atoms with Gasteiger partial charge in [-0.1, -0.05) is 46.2 Å². The number of hydrogen-bond donors (Lipinski definition) is 1. The normalized spacial score (nSPS) is 13.1. The second-order valence-electron chi connectivity index (χ2n) is 5.64. The van der Waals surface area contributed by atoms with E-state index in [2.05, 4.69) is 12.2 Å². The number of nitrogens with zero attached hydrogens (tertiary/aromatic N) is 1. The summed E-state index contributed by atoms with van der Waals surface area (Å²) in [6, 6.07) is 6.71. The Hall–Kier alpha value is -1.40. The van der Waals surface area contributed by atoms with E-state index in [1.165, 1.54) is 4.31 Å². The molecule has 1 amide bonds. The molecule has 1 aromatic carbocycles. The molecule has 1 N–H and O–H groups in total. The van der Waals surface area contributed by atoms with E-state index in [1.807, 2.05) is 20.8 Å². The van der Waals surface area contributed by atoms with Crippen LogP contribution in [-0.2, 0) is 21.4 Å². The zero-order valence-electron chi connectivity index (χ0n) is 14.5. The molecular formula is C17H28N2O3S. The highest BCUT2D eigenvalue weighted by Gasteiger charge is 2.21. The largest absolute Gasteiger partial charge is 0.352 e. The summed E-state index contributed by atoms with van der Waals surface area (Å²) in [5.74, 6) is 0.0361. The first-order valence-corrected chi connectivity index (χ1v) is 9.67. The second kappa shape index (κ2) is 9.03. The van der Waals surface area contributed by atoms with Crippen LogP contribution in [0.5, 0.6) is 0 Å². The van der Waals surface area contributed by atoms with Gasteiger partial charge in [0.2, 0.25) is 15.9 Å². The lowest BCUT2D eigenvalue weighted by molar-refractivity contribution is -0.124. The summed E-state index contributed by atoms with van der Waals surface area (Å²) < 4.78 is 26.2. The Morgan fingerprint density at radius 1 is 1.13 bits per heavy atom. The van der Waals surface area contributed by atoms with E-state index < -0.39 is 10.0 Å². The van der Waals surface area contributed by atoms with Crippen LogP contribution in [0.1, 0.15) is 46.1 Å². The minimum Gasteiger partial charge on any atom is -0.352 e. The number of hydrogen-bond acceptors (Lipinski definition) is 3. The van der Waals surface area contributed by atoms with E-state index in [9.17, 15) is 13.2 Å². The second-order valence-corrected chi connectivity index (χ2v) is 7.58. The Kier molecular flexibility index (Phi) is 7.72. The van der Waals surface area contributed by atoms with E-state index in [1.54, 1.807) is 24.3 Å². The third-order valence-corrected chi connectivity index (χ3v) is 5.97. The highest BCUT2D eigenvalue weighted by molar-refractivity contribution is 7.89. The molecule has 0 aliphatic rings. The zero-order valence-corrected chi connectivity index (χ0v) is 15.3. The van der Waals surface area contributed by atoms with Crippen molar-refractivity contribution in [1.82, 2.24) is 9.62 Å². The van der Waals surface area contributed by atoms with Gasteiger partial charge in [-0.3, -0.25) is 4.79 Å². The van der Waals surface area contributed by atoms with Crippen molar-refractivity contribution >= 4 is 15.9 Å². The van der Waals surface area contributed by atoms with Crippen LogP contribution in [0.2, 0.25) is 0 Å². The maximum Gasteiger partial charge on any atom is 0.243 e. The summed E-state index contributed by atoms with van der Waals surface area (Å²) in [6.07, 6.45) is 1.85. The fraction of sp³-hybridized carbons (Fsp3) is 0.588. The molecule has 130 valence electrons. The molecular weight excluding hydrogens is 312 g/mol. The summed E-state index contributed by atoms with van der Waals surface area (Å²) in [5, 5.41) is 2.89. The molecule has 0 bridgehead atoms. The average molecular weight is 340 g/mol. The van der Waals surface area contributed by atoms with Crippen LogP contribution < -0.4 is 5.32 Å². The quantitative estimate of drug-likeness (QED) is 0.752. The van der Waals surface area contributed by atoms with Gasteiger partial charge in [0, 0.05) is 25.6 Å². The lowest BCUT2D eigenvalue weighted by atomic mass is 10.1. The Labute approximate surface area is 140 Å². The summed E-state index contributed by atoms with van der Waals surface area (Å²) in [7, 11) is -3.42. The van der Waals surface area contributed by atoms with E-state index in [0.717, 1.165) is 18.4 Å². The predicted octanol–water partition coefficient (Wildman–Crippen LogP) is 2.77. The molecule has 6 heteroatoms. The molecule has 0 heterocycles. The number of carbonyl (C=O) groups excluding carboxylic acids is 1. The smallest absolute Gasteiger partial charge is 0.243 e. The molecule has 23 heavy (non-hydrogen) atoms. The van der Waals surface area contributed by atoms with Crippen LogP contribution in [-0.4, -0.2) is 31.7 Å². The van der Waals surface area contributed by atoms with Crippen molar-refractivity contribution in [2.24, 2.45) is 5.92 Å². The number of carbonyl (C=O) groups is 1. The van der Waals surface area contributed by atoms with Gasteiger partial charge < -0.3 is 5.32 Å². The molecule has 0 aromatic heterocycles. The summed E-state index contributed by atoms with van der Waals surface area (Å²) in [4.78, 5) is 12.2. The van der Waals surface area contributed by atoms with E-state index in [0.29, 0.717) is 19.6 Å². The van der Waals surface area contributed by atoms with Crippen molar-refractivity contribution < 1.29 is 13.2 Å². The van der Waals surface area contributed by atoms with Crippen molar-refractivity contribution in [1.29, 1.82) is 0 Å². The molecule has 0 aliphatic heterocycles. The Balaban J connectivity index is 2.72. The van der Waals surface area contributed by atoms with Gasteiger partial charge in [-0.15, -0.1) is 0 Å². The van der Waals surface area contributed by atoms with E-state index in [-0.39, 0.29) is 16.7 Å². The van der Waals surface area contributed by atoms with E-state index >= 15 is 0 Å². The topological polar surface area (TPSA) is 66.5 Å². The molecule has 0 saturated heterocycles. The van der Waals surface area contributed by atoms with Crippen molar-refractivity contribution in [3.8, 4) is 0 Å². The number of nitrogens with one attached hydrogen (secondary N) is 1. The van der Waals surface area contributed by atoms with Crippen LogP contribution in [0.25, 0.3) is 0 Å². The van der Waals surface area contributed by atoms with E-state index in [4.69, 9.17) is 0 Å². The van der Waals surface area contributed by atoms with Gasteiger partial charge in [-0.2, -0.15) is 4.31 Å². The van der Waals surface area contributed by atoms with Gasteiger partial charge in [-0.25, -0.2) is 8.42 Å². The van der Waals surface area contributed by atoms with Crippen LogP contribution in [0.4, 0.5) is 0 Å². The summed E-state index contributed by atoms with van der Waals surface area (Å²) >= 11 is 0. The standard InChI is InChI=1S/C17H28N2O3S/c1-5-8-14(4)17(20)18-13-15-9-11-16(12-10-15)23(21,22)19(6-2)7-3/h9-12,14H,5-8,13H2,1-4H3,(H,18,20). The summed E-state index contributed by atoms with van der Waals surface area (Å²) in [5.41, 5.74) is 0.889. The van der Waals surface area contributed by atoms with Crippen LogP contribution in [0, 0.1) is 5.92 Å². The first-order chi connectivity index (χ1) is 10.9. The van der Waals surface area contributed by atoms with Gasteiger partial charge in [0.25, 0.3) is 0 Å². The highest BCUT2D eigenvalue weighted by Crippen LogP contribution is 2.16. The monoisotopic (exact) mass is 340 g/mol. The van der Waals surface area contributed by atoms with Gasteiger partial charge in [0.1, 0.15) is 0 Å². The minimum absolute atomic E-state index is 0.00215. The molecule has 0 spiro atoms. The molecule has 1 atom stereocenters. The lowest BCUT2D eigenvalue weighted by Crippen LogP contribution is -2.30. The molecule has 0 fully saturated rings. The van der Waals surface area contributed by atoms with Crippen molar-refractivity contribution in [3.63, 3.8) is 0 Å². The summed E-state index contributed by atoms with van der Waals surface area (Å²) in [6.45, 7) is 8.93. The first-order valence-electron chi connectivity index (χ1n) is 8.23. The minimum atomic E-state index is -3.42. The van der Waals surface area contributed by atoms with Gasteiger partial charge in [0.05, 0.1) is 4.90 Å². The van der Waals surface area contributed by atoms with Crippen molar-refractivity contribution in [2.45, 2.75) is 52.0 Å². The molecule has 0 aliphatic carbocycles. The molecule has 5 nitrogen and oxygen atoms in total. The molecule has 1 unspecified atom stereocenters. The third-order valence-electron chi connectivity index (χ3n) is 3.90. The van der Waals surface area contributed by atoms with Gasteiger partial charge in [-0.05, 0) is 24.1 Å². The number of rotatable bonds is 9. The van der Waals surface area contributed by atoms with Gasteiger partial charge in [0.15, 0.2) is 0 Å². The number of benzene rings is 1. The Morgan fingerprint density at radius 3 is 2.17 bits per heavy atom. The fourth-order valence-corrected chi connectivity index (χ4v) is 3.88. The van der Waals surface area contributed by atoms with Gasteiger partial charge >= 0.3 is 0 Å². The SMILES string of the molecule is CCCC(C)C(=O)NCc1ccc(S(=O)(=O)N(CC)CC)cc1. The van der Waals surface area contributed by atoms with Crippen molar-refractivity contribution in [3.05, 3.63) is 29.8 Å². The maximum absolute atomic E-state index is 12.4. The predicted molar refractivity (Wildman–Crippen MR) is 92.5 cm³/mol. The van der Waals surface area contributed by atoms with Crippen LogP contribution in [0.3, 0.4) is 0 Å². The average Bonchev–Trinajstić information content (AvgIpc) is 2.54. The highest BCUT2D eigenvalue weighted by atomic mass is 32.2. The maximum atomic E-state index is 12.4. The molecule has 1 aromatic rings. The Morgan fingerprint density at radius 2 is 1.70 bits per heavy atom. The van der Waals surface area contributed by atoms with Crippen LogP contribution >= 0.6 is 0 Å². The fourth-order valence-electron chi connectivity index (χ4n) is 2.42. The number of amides is 1. The third kappa shape index (κ3) is 5.32. The zero-order chi connectivity index (χ0) is 17.5.